The first-order chi connectivity index (χ1) is 17.8. The van der Waals surface area contributed by atoms with Gasteiger partial charge in [-0.3, -0.25) is 4.79 Å². The Morgan fingerprint density at radius 2 is 2.08 bits per heavy atom. The third-order valence-corrected chi connectivity index (χ3v) is 6.93. The highest BCUT2D eigenvalue weighted by Gasteiger charge is 2.43. The normalized spacial score (nSPS) is 16.5. The van der Waals surface area contributed by atoms with Gasteiger partial charge in [-0.15, -0.1) is 5.10 Å². The van der Waals surface area contributed by atoms with Gasteiger partial charge in [0.25, 0.3) is 0 Å². The Morgan fingerprint density at radius 1 is 1.24 bits per heavy atom. The fourth-order valence-electron chi connectivity index (χ4n) is 4.65. The molecule has 190 valence electrons. The monoisotopic (exact) mass is 503 g/mol. The number of aliphatic hydroxyl groups is 1. The summed E-state index contributed by atoms with van der Waals surface area (Å²) in [5, 5.41) is 20.1. The van der Waals surface area contributed by atoms with E-state index in [1.807, 2.05) is 12.1 Å². The third kappa shape index (κ3) is 3.64. The molecule has 5 aromatic rings. The Morgan fingerprint density at radius 3 is 2.78 bits per heavy atom. The zero-order valence-corrected chi connectivity index (χ0v) is 20.3. The fraction of sp³-hybridized carbons (Fsp3) is 0.320. The van der Waals surface area contributed by atoms with Crippen molar-refractivity contribution in [3.05, 3.63) is 54.4 Å². The number of Topliss-reactive ketones (excluding diaryl/α,β-unsaturated/α-hetero) is 1. The third-order valence-electron chi connectivity index (χ3n) is 6.93. The zero-order valence-electron chi connectivity index (χ0n) is 20.3. The number of nitrogen functional groups attached to an aromatic ring is 1. The Kier molecular flexibility index (Phi) is 5.24. The second kappa shape index (κ2) is 8.39. The van der Waals surface area contributed by atoms with Gasteiger partial charge in [-0.05, 0) is 43.2 Å². The number of fused-ring (bicyclic) bond motifs is 3. The standard InChI is InChI=1S/C25H25N7O5/c1-24(15-5-3-6-16(11-15)35-2,19(33)8-9-25(34)13-36-14-25)32-22-17(12-27-32)21-28-20(18-7-4-10-37-18)30-31(21)23(26)29-22/h3-7,10-12,34H,8-9,13-14H2,1-2H3,(H2,26,29). The highest BCUT2D eigenvalue weighted by atomic mass is 16.5. The lowest BCUT2D eigenvalue weighted by atomic mass is 9.83. The summed E-state index contributed by atoms with van der Waals surface area (Å²) in [5.74, 6) is 1.34. The second-order valence-electron chi connectivity index (χ2n) is 9.36. The van der Waals surface area contributed by atoms with Crippen LogP contribution in [0.1, 0.15) is 25.3 Å². The van der Waals surface area contributed by atoms with Gasteiger partial charge in [-0.2, -0.15) is 14.6 Å². The summed E-state index contributed by atoms with van der Waals surface area (Å²) < 4.78 is 19.0. The van der Waals surface area contributed by atoms with E-state index >= 15 is 0 Å². The Balaban J connectivity index is 1.51. The van der Waals surface area contributed by atoms with Crippen LogP contribution in [0.3, 0.4) is 0 Å². The highest BCUT2D eigenvalue weighted by Crippen LogP contribution is 2.35. The van der Waals surface area contributed by atoms with Gasteiger partial charge in [0, 0.05) is 6.42 Å². The molecule has 0 aliphatic carbocycles. The SMILES string of the molecule is COc1cccc(C(C)(C(=O)CCC2(O)COC2)n2ncc3c2nc(N)n2nc(-c4ccco4)nc32)c1. The largest absolute Gasteiger partial charge is 0.497 e. The molecule has 1 unspecified atom stereocenters. The summed E-state index contributed by atoms with van der Waals surface area (Å²) in [5.41, 5.74) is 5.44. The first-order valence-corrected chi connectivity index (χ1v) is 11.7. The molecule has 1 fully saturated rings. The Bertz CT molecular complexity index is 1620. The predicted molar refractivity (Wildman–Crippen MR) is 132 cm³/mol. The van der Waals surface area contributed by atoms with Gasteiger partial charge in [0.05, 0.1) is 38.2 Å². The number of rotatable bonds is 8. The summed E-state index contributed by atoms with van der Waals surface area (Å²) in [4.78, 5) is 23.1. The molecule has 37 heavy (non-hydrogen) atoms. The molecular formula is C25H25N7O5. The van der Waals surface area contributed by atoms with E-state index in [1.165, 1.54) is 10.8 Å². The average Bonchev–Trinajstić information content (AvgIpc) is 3.65. The molecule has 1 aliphatic rings. The quantitative estimate of drug-likeness (QED) is 0.322. The molecule has 0 spiro atoms. The number of nitrogens with zero attached hydrogens (tertiary/aromatic N) is 6. The van der Waals surface area contributed by atoms with Crippen LogP contribution >= 0.6 is 0 Å². The zero-order chi connectivity index (χ0) is 25.8. The van der Waals surface area contributed by atoms with Crippen LogP contribution in [0, 0.1) is 0 Å². The topological polar surface area (TPSA) is 156 Å². The van der Waals surface area contributed by atoms with Crippen LogP contribution in [-0.2, 0) is 15.1 Å². The molecule has 1 aromatic carbocycles. The molecule has 1 aliphatic heterocycles. The van der Waals surface area contributed by atoms with Crippen LogP contribution < -0.4 is 10.5 Å². The molecule has 1 atom stereocenters. The van der Waals surface area contributed by atoms with Crippen molar-refractivity contribution in [1.29, 1.82) is 0 Å². The van der Waals surface area contributed by atoms with Crippen molar-refractivity contribution in [2.24, 2.45) is 0 Å². The molecule has 0 saturated carbocycles. The van der Waals surface area contributed by atoms with E-state index in [-0.39, 0.29) is 37.8 Å². The van der Waals surface area contributed by atoms with Crippen LogP contribution in [-0.4, -0.2) is 66.2 Å². The number of ether oxygens (including phenoxy) is 2. The Labute approximate surface area is 210 Å². The molecular weight excluding hydrogens is 478 g/mol. The summed E-state index contributed by atoms with van der Waals surface area (Å²) in [7, 11) is 1.56. The van der Waals surface area contributed by atoms with Gasteiger partial charge in [0.2, 0.25) is 11.8 Å². The lowest BCUT2D eigenvalue weighted by molar-refractivity contribution is -0.182. The highest BCUT2D eigenvalue weighted by molar-refractivity contribution is 5.95. The average molecular weight is 504 g/mol. The van der Waals surface area contributed by atoms with Gasteiger partial charge in [-0.1, -0.05) is 12.1 Å². The van der Waals surface area contributed by atoms with E-state index in [0.717, 1.165) is 0 Å². The number of benzene rings is 1. The smallest absolute Gasteiger partial charge is 0.225 e. The van der Waals surface area contributed by atoms with E-state index in [4.69, 9.17) is 19.6 Å². The van der Waals surface area contributed by atoms with E-state index < -0.39 is 11.1 Å². The van der Waals surface area contributed by atoms with Crippen molar-refractivity contribution in [2.75, 3.05) is 26.1 Å². The van der Waals surface area contributed by atoms with E-state index in [1.54, 1.807) is 49.2 Å². The van der Waals surface area contributed by atoms with Crippen molar-refractivity contribution in [3.63, 3.8) is 0 Å². The van der Waals surface area contributed by atoms with Crippen LogP contribution in [0.4, 0.5) is 5.95 Å². The maximum Gasteiger partial charge on any atom is 0.225 e. The van der Waals surface area contributed by atoms with Crippen molar-refractivity contribution in [1.82, 2.24) is 29.4 Å². The minimum Gasteiger partial charge on any atom is -0.497 e. The molecule has 0 bridgehead atoms. The number of nitrogens with two attached hydrogens (primary N) is 1. The number of hydrogen-bond donors (Lipinski definition) is 2. The van der Waals surface area contributed by atoms with Gasteiger partial charge >= 0.3 is 0 Å². The minimum absolute atomic E-state index is 0.0796. The lowest BCUT2D eigenvalue weighted by Crippen LogP contribution is -2.50. The van der Waals surface area contributed by atoms with Crippen LogP contribution in [0.2, 0.25) is 0 Å². The molecule has 0 radical (unpaired) electrons. The molecule has 6 rings (SSSR count). The van der Waals surface area contributed by atoms with E-state index in [9.17, 15) is 9.90 Å². The number of methoxy groups -OCH3 is 1. The van der Waals surface area contributed by atoms with Crippen LogP contribution in [0.15, 0.2) is 53.3 Å². The summed E-state index contributed by atoms with van der Waals surface area (Å²) in [6.07, 6.45) is 3.49. The number of furan rings is 1. The maximum atomic E-state index is 13.9. The number of aromatic nitrogens is 6. The number of hydrogen-bond acceptors (Lipinski definition) is 10. The van der Waals surface area contributed by atoms with Crippen molar-refractivity contribution in [3.8, 4) is 17.3 Å². The maximum absolute atomic E-state index is 13.9. The van der Waals surface area contributed by atoms with Gasteiger partial charge in [0.15, 0.2) is 22.8 Å². The van der Waals surface area contributed by atoms with Gasteiger partial charge in [-0.25, -0.2) is 9.67 Å². The fourth-order valence-corrected chi connectivity index (χ4v) is 4.65. The minimum atomic E-state index is -1.29. The lowest BCUT2D eigenvalue weighted by Gasteiger charge is -2.37. The van der Waals surface area contributed by atoms with E-state index in [0.29, 0.717) is 39.6 Å². The molecule has 12 nitrogen and oxygen atoms in total. The molecule has 12 heteroatoms. The second-order valence-corrected chi connectivity index (χ2v) is 9.36. The summed E-state index contributed by atoms with van der Waals surface area (Å²) >= 11 is 0. The van der Waals surface area contributed by atoms with Crippen molar-refractivity contribution in [2.45, 2.75) is 30.9 Å². The number of ketones is 1. The van der Waals surface area contributed by atoms with Crippen LogP contribution in [0.25, 0.3) is 28.3 Å². The van der Waals surface area contributed by atoms with Crippen molar-refractivity contribution < 1.29 is 23.8 Å². The molecule has 3 N–H and O–H groups in total. The van der Waals surface area contributed by atoms with Gasteiger partial charge < -0.3 is 24.7 Å². The van der Waals surface area contributed by atoms with Crippen LogP contribution in [0.5, 0.6) is 5.75 Å². The molecule has 4 aromatic heterocycles. The summed E-state index contributed by atoms with van der Waals surface area (Å²) in [6, 6.07) is 10.7. The molecule has 0 amide bonds. The first kappa shape index (κ1) is 23.1. The predicted octanol–water partition coefficient (Wildman–Crippen LogP) is 2.20. The number of carbonyl (C=O) groups excluding carboxylic acids is 1. The van der Waals surface area contributed by atoms with Crippen molar-refractivity contribution >= 4 is 28.4 Å². The first-order valence-electron chi connectivity index (χ1n) is 11.7. The summed E-state index contributed by atoms with van der Waals surface area (Å²) in [6.45, 7) is 2.20. The molecule has 5 heterocycles. The van der Waals surface area contributed by atoms with E-state index in [2.05, 4.69) is 20.2 Å². The van der Waals surface area contributed by atoms with Gasteiger partial charge in [0.1, 0.15) is 16.9 Å². The molecule has 1 saturated heterocycles. The number of carbonyl (C=O) groups is 1. The Hall–Kier alpha value is -4.29. The number of anilines is 1.